The Labute approximate surface area is 124 Å². The van der Waals surface area contributed by atoms with Crippen LogP contribution in [0.5, 0.6) is 0 Å². The summed E-state index contributed by atoms with van der Waals surface area (Å²) >= 11 is 0. The molecule has 0 saturated heterocycles. The molecule has 1 fully saturated rings. The van der Waals surface area contributed by atoms with Gasteiger partial charge in [0.1, 0.15) is 0 Å². The van der Waals surface area contributed by atoms with E-state index < -0.39 is 12.2 Å². The van der Waals surface area contributed by atoms with E-state index in [9.17, 15) is 10.2 Å². The van der Waals surface area contributed by atoms with E-state index in [-0.39, 0.29) is 12.0 Å². The molecular formula is C16H21N3O2. The Morgan fingerprint density at radius 3 is 2.71 bits per heavy atom. The summed E-state index contributed by atoms with van der Waals surface area (Å²) in [6.45, 7) is 0.631. The minimum Gasteiger partial charge on any atom is -0.390 e. The van der Waals surface area contributed by atoms with Crippen molar-refractivity contribution in [1.29, 1.82) is 0 Å². The minimum atomic E-state index is -0.744. The van der Waals surface area contributed by atoms with Crippen molar-refractivity contribution in [2.75, 3.05) is 0 Å². The van der Waals surface area contributed by atoms with Gasteiger partial charge >= 0.3 is 0 Å². The van der Waals surface area contributed by atoms with Crippen molar-refractivity contribution in [1.82, 2.24) is 15.1 Å². The zero-order chi connectivity index (χ0) is 14.8. The number of hydrogen-bond acceptors (Lipinski definition) is 4. The first-order valence-electron chi connectivity index (χ1n) is 7.27. The number of aliphatic hydroxyl groups is 2. The van der Waals surface area contributed by atoms with E-state index in [1.54, 1.807) is 4.68 Å². The van der Waals surface area contributed by atoms with Gasteiger partial charge in [-0.2, -0.15) is 5.10 Å². The van der Waals surface area contributed by atoms with Gasteiger partial charge in [-0.1, -0.05) is 30.3 Å². The molecule has 4 atom stereocenters. The Morgan fingerprint density at radius 1 is 1.29 bits per heavy atom. The Morgan fingerprint density at radius 2 is 2.05 bits per heavy atom. The molecule has 0 bridgehead atoms. The molecule has 4 unspecified atom stereocenters. The average molecular weight is 287 g/mol. The van der Waals surface area contributed by atoms with Crippen LogP contribution in [0.3, 0.4) is 0 Å². The Bertz CT molecular complexity index is 584. The molecule has 3 N–H and O–H groups in total. The number of aliphatic hydroxyl groups excluding tert-OH is 2. The molecule has 2 aromatic rings. The molecule has 1 aliphatic carbocycles. The van der Waals surface area contributed by atoms with Crippen molar-refractivity contribution < 1.29 is 10.2 Å². The lowest BCUT2D eigenvalue weighted by Gasteiger charge is -2.23. The van der Waals surface area contributed by atoms with Crippen molar-refractivity contribution in [3.8, 4) is 0 Å². The van der Waals surface area contributed by atoms with Gasteiger partial charge < -0.3 is 15.5 Å². The van der Waals surface area contributed by atoms with Crippen LogP contribution in [0.2, 0.25) is 0 Å². The minimum absolute atomic E-state index is 0.118. The fourth-order valence-corrected chi connectivity index (χ4v) is 3.13. The van der Waals surface area contributed by atoms with Gasteiger partial charge in [0.15, 0.2) is 0 Å². The molecular weight excluding hydrogens is 266 g/mol. The highest BCUT2D eigenvalue weighted by molar-refractivity contribution is 5.25. The Hall–Kier alpha value is -1.69. The van der Waals surface area contributed by atoms with Crippen molar-refractivity contribution >= 4 is 0 Å². The van der Waals surface area contributed by atoms with Gasteiger partial charge in [-0.05, 0) is 12.0 Å². The number of hydrogen-bond donors (Lipinski definition) is 3. The normalized spacial score (nSPS) is 28.9. The van der Waals surface area contributed by atoms with E-state index in [4.69, 9.17) is 0 Å². The van der Waals surface area contributed by atoms with Crippen molar-refractivity contribution in [2.45, 2.75) is 37.1 Å². The van der Waals surface area contributed by atoms with E-state index in [1.165, 1.54) is 0 Å². The van der Waals surface area contributed by atoms with Crippen molar-refractivity contribution in [3.05, 3.63) is 53.9 Å². The summed E-state index contributed by atoms with van der Waals surface area (Å²) in [4.78, 5) is 0. The molecule has 112 valence electrons. The topological polar surface area (TPSA) is 70.3 Å². The Balaban J connectivity index is 1.73. The molecule has 5 nitrogen and oxygen atoms in total. The van der Waals surface area contributed by atoms with Crippen LogP contribution in [0.1, 0.15) is 23.5 Å². The Kier molecular flexibility index (Phi) is 4.05. The third-order valence-electron chi connectivity index (χ3n) is 4.22. The zero-order valence-electron chi connectivity index (χ0n) is 12.1. The molecule has 0 radical (unpaired) electrons. The smallest absolute Gasteiger partial charge is 0.0957 e. The van der Waals surface area contributed by atoms with Crippen LogP contribution in [0, 0.1) is 0 Å². The summed E-state index contributed by atoms with van der Waals surface area (Å²) in [6.07, 6.45) is 2.91. The fourth-order valence-electron chi connectivity index (χ4n) is 3.13. The third-order valence-corrected chi connectivity index (χ3v) is 4.22. The van der Waals surface area contributed by atoms with E-state index in [0.29, 0.717) is 13.0 Å². The number of benzene rings is 1. The molecule has 1 saturated carbocycles. The zero-order valence-corrected chi connectivity index (χ0v) is 12.1. The molecule has 0 spiro atoms. The average Bonchev–Trinajstić information content (AvgIpc) is 3.03. The highest BCUT2D eigenvalue weighted by Gasteiger charge is 2.41. The van der Waals surface area contributed by atoms with Crippen LogP contribution in [0.15, 0.2) is 42.7 Å². The largest absolute Gasteiger partial charge is 0.390 e. The first kappa shape index (κ1) is 14.3. The van der Waals surface area contributed by atoms with Crippen LogP contribution in [0.25, 0.3) is 0 Å². The molecule has 1 aromatic heterocycles. The summed E-state index contributed by atoms with van der Waals surface area (Å²) in [5.41, 5.74) is 2.22. The molecule has 1 aliphatic rings. The quantitative estimate of drug-likeness (QED) is 0.777. The fraction of sp³-hybridized carbons (Fsp3) is 0.438. The van der Waals surface area contributed by atoms with Crippen LogP contribution >= 0.6 is 0 Å². The second-order valence-corrected chi connectivity index (χ2v) is 5.74. The predicted octanol–water partition coefficient (Wildman–Crippen LogP) is 0.788. The van der Waals surface area contributed by atoms with Gasteiger partial charge in [0.05, 0.1) is 18.4 Å². The summed E-state index contributed by atoms with van der Waals surface area (Å²) < 4.78 is 1.76. The SMILES string of the molecule is Cn1cc(CNC2C(c3ccccc3)CC(O)C2O)cn1. The summed E-state index contributed by atoms with van der Waals surface area (Å²) in [5, 5.41) is 27.7. The number of rotatable bonds is 4. The van der Waals surface area contributed by atoms with E-state index >= 15 is 0 Å². The number of nitrogens with one attached hydrogen (secondary N) is 1. The van der Waals surface area contributed by atoms with Gasteiger partial charge in [0, 0.05) is 37.3 Å². The van der Waals surface area contributed by atoms with E-state index in [0.717, 1.165) is 11.1 Å². The van der Waals surface area contributed by atoms with Gasteiger partial charge in [0.25, 0.3) is 0 Å². The monoisotopic (exact) mass is 287 g/mol. The highest BCUT2D eigenvalue weighted by Crippen LogP contribution is 2.35. The van der Waals surface area contributed by atoms with E-state index in [1.807, 2.05) is 49.8 Å². The lowest BCUT2D eigenvalue weighted by Crippen LogP contribution is -2.41. The second kappa shape index (κ2) is 5.97. The first-order valence-corrected chi connectivity index (χ1v) is 7.27. The van der Waals surface area contributed by atoms with Crippen LogP contribution < -0.4 is 5.32 Å². The highest BCUT2D eigenvalue weighted by atomic mass is 16.3. The van der Waals surface area contributed by atoms with Crippen molar-refractivity contribution in [2.24, 2.45) is 7.05 Å². The standard InChI is InChI=1S/C16H21N3O2/c1-19-10-11(9-18-19)8-17-15-13(7-14(20)16(15)21)12-5-3-2-4-6-12/h2-6,9-10,13-17,20-21H,7-8H2,1H3. The maximum absolute atomic E-state index is 10.2. The van der Waals surface area contributed by atoms with Gasteiger partial charge in [0.2, 0.25) is 0 Å². The summed E-state index contributed by atoms with van der Waals surface area (Å²) in [5.74, 6) is 0.118. The van der Waals surface area contributed by atoms with Gasteiger partial charge in [-0.15, -0.1) is 0 Å². The number of nitrogens with zero attached hydrogens (tertiary/aromatic N) is 2. The molecule has 0 amide bonds. The van der Waals surface area contributed by atoms with Gasteiger partial charge in [-0.3, -0.25) is 4.68 Å². The lowest BCUT2D eigenvalue weighted by molar-refractivity contribution is 0.0297. The molecule has 21 heavy (non-hydrogen) atoms. The number of aromatic nitrogens is 2. The number of aryl methyl sites for hydroxylation is 1. The molecule has 1 heterocycles. The summed E-state index contributed by atoms with van der Waals surface area (Å²) in [7, 11) is 1.88. The lowest BCUT2D eigenvalue weighted by atomic mass is 9.93. The summed E-state index contributed by atoms with van der Waals surface area (Å²) in [6, 6.07) is 9.91. The van der Waals surface area contributed by atoms with E-state index in [2.05, 4.69) is 10.4 Å². The van der Waals surface area contributed by atoms with Crippen molar-refractivity contribution in [3.63, 3.8) is 0 Å². The van der Waals surface area contributed by atoms with Gasteiger partial charge in [-0.25, -0.2) is 0 Å². The molecule has 0 aliphatic heterocycles. The maximum atomic E-state index is 10.2. The molecule has 5 heteroatoms. The maximum Gasteiger partial charge on any atom is 0.0957 e. The van der Waals surface area contributed by atoms with Crippen LogP contribution in [-0.4, -0.2) is 38.2 Å². The molecule has 1 aromatic carbocycles. The predicted molar refractivity (Wildman–Crippen MR) is 79.6 cm³/mol. The van der Waals surface area contributed by atoms with Crippen LogP contribution in [-0.2, 0) is 13.6 Å². The first-order chi connectivity index (χ1) is 10.1. The molecule has 3 rings (SSSR count). The third kappa shape index (κ3) is 3.00. The van der Waals surface area contributed by atoms with Crippen LogP contribution in [0.4, 0.5) is 0 Å². The second-order valence-electron chi connectivity index (χ2n) is 5.74.